The Balaban J connectivity index is 1.36. The van der Waals surface area contributed by atoms with Crippen molar-refractivity contribution in [2.45, 2.75) is 32.6 Å². The number of aromatic nitrogens is 1. The fraction of sp³-hybridized carbons (Fsp3) is 0.102. The van der Waals surface area contributed by atoms with Crippen LogP contribution >= 0.6 is 0 Å². The Morgan fingerprint density at radius 1 is 0.510 bits per heavy atom. The molecule has 0 aliphatic rings. The highest BCUT2D eigenvalue weighted by atomic mass is 15.1. The third-order valence-electron chi connectivity index (χ3n) is 10.5. The Kier molecular flexibility index (Phi) is 7.86. The van der Waals surface area contributed by atoms with Gasteiger partial charge in [0.15, 0.2) is 0 Å². The zero-order chi connectivity index (χ0) is 34.3. The predicted molar refractivity (Wildman–Crippen MR) is 219 cm³/mol. The molecular weight excluding hydrogens is 617 g/mol. The van der Waals surface area contributed by atoms with Crippen molar-refractivity contribution in [3.8, 4) is 16.8 Å². The minimum Gasteiger partial charge on any atom is -0.310 e. The molecule has 1 unspecified atom stereocenters. The van der Waals surface area contributed by atoms with E-state index in [0.717, 1.165) is 17.1 Å². The van der Waals surface area contributed by atoms with Gasteiger partial charge in [-0.05, 0) is 88.8 Å². The zero-order valence-corrected chi connectivity index (χ0v) is 29.1. The van der Waals surface area contributed by atoms with Crippen LogP contribution in [0.3, 0.4) is 0 Å². The van der Waals surface area contributed by atoms with Crippen molar-refractivity contribution < 1.29 is 0 Å². The number of para-hydroxylation sites is 2. The fourth-order valence-electron chi connectivity index (χ4n) is 8.08. The molecule has 1 heterocycles. The van der Waals surface area contributed by atoms with Crippen molar-refractivity contribution in [1.29, 1.82) is 0 Å². The van der Waals surface area contributed by atoms with Crippen LogP contribution in [0, 0.1) is 0 Å². The summed E-state index contributed by atoms with van der Waals surface area (Å²) in [6.45, 7) is 4.65. The number of rotatable bonds is 8. The summed E-state index contributed by atoms with van der Waals surface area (Å²) in [7, 11) is 0. The summed E-state index contributed by atoms with van der Waals surface area (Å²) in [6.07, 6.45) is 2.33. The maximum absolute atomic E-state index is 2.53. The number of hydrogen-bond acceptors (Lipinski definition) is 1. The smallest absolute Gasteiger partial charge is 0.0618 e. The molecule has 2 nitrogen and oxygen atoms in total. The summed E-state index contributed by atoms with van der Waals surface area (Å²) in [5, 5.41) is 7.55. The zero-order valence-electron chi connectivity index (χ0n) is 29.1. The van der Waals surface area contributed by atoms with E-state index in [0.29, 0.717) is 5.92 Å². The highest BCUT2D eigenvalue weighted by molar-refractivity contribution is 6.15. The molecule has 1 atom stereocenters. The number of hydrogen-bond donors (Lipinski definition) is 0. The molecule has 0 amide bonds. The molecule has 0 bridgehead atoms. The van der Waals surface area contributed by atoms with E-state index in [1.165, 1.54) is 78.6 Å². The third-order valence-corrected chi connectivity index (χ3v) is 10.5. The Morgan fingerprint density at radius 3 is 1.80 bits per heavy atom. The van der Waals surface area contributed by atoms with Gasteiger partial charge in [0.25, 0.3) is 0 Å². The molecule has 51 heavy (non-hydrogen) atoms. The molecule has 0 radical (unpaired) electrons. The van der Waals surface area contributed by atoms with Gasteiger partial charge >= 0.3 is 0 Å². The molecule has 0 N–H and O–H groups in total. The highest BCUT2D eigenvalue weighted by Gasteiger charge is 2.22. The Bertz CT molecular complexity index is 2610. The number of fused-ring (bicyclic) bond motifs is 5. The lowest BCUT2D eigenvalue weighted by atomic mass is 9.95. The molecule has 246 valence electrons. The van der Waals surface area contributed by atoms with Gasteiger partial charge in [0.1, 0.15) is 0 Å². The lowest BCUT2D eigenvalue weighted by molar-refractivity contribution is 0.665. The van der Waals surface area contributed by atoms with Crippen molar-refractivity contribution in [2.24, 2.45) is 0 Å². The van der Waals surface area contributed by atoms with Crippen molar-refractivity contribution in [3.63, 3.8) is 0 Å². The second-order valence-corrected chi connectivity index (χ2v) is 13.7. The van der Waals surface area contributed by atoms with E-state index in [-0.39, 0.29) is 0 Å². The lowest BCUT2D eigenvalue weighted by Gasteiger charge is -2.28. The molecule has 0 aliphatic heterocycles. The van der Waals surface area contributed by atoms with Gasteiger partial charge in [-0.2, -0.15) is 0 Å². The second-order valence-electron chi connectivity index (χ2n) is 13.7. The van der Waals surface area contributed by atoms with Gasteiger partial charge in [-0.3, -0.25) is 0 Å². The van der Waals surface area contributed by atoms with Gasteiger partial charge in [-0.1, -0.05) is 142 Å². The first-order valence-corrected chi connectivity index (χ1v) is 18.2. The van der Waals surface area contributed by atoms with Gasteiger partial charge < -0.3 is 9.47 Å². The van der Waals surface area contributed by atoms with Gasteiger partial charge in [0, 0.05) is 38.5 Å². The van der Waals surface area contributed by atoms with Crippen LogP contribution < -0.4 is 4.90 Å². The molecule has 0 aliphatic carbocycles. The van der Waals surface area contributed by atoms with Crippen LogP contribution in [0.4, 0.5) is 17.1 Å². The fourth-order valence-corrected chi connectivity index (χ4v) is 8.08. The lowest BCUT2D eigenvalue weighted by Crippen LogP contribution is -2.11. The van der Waals surface area contributed by atoms with Gasteiger partial charge in [-0.25, -0.2) is 0 Å². The number of anilines is 3. The maximum atomic E-state index is 2.53. The highest BCUT2D eigenvalue weighted by Crippen LogP contribution is 2.45. The summed E-state index contributed by atoms with van der Waals surface area (Å²) in [5.74, 6) is 0.484. The van der Waals surface area contributed by atoms with Crippen molar-refractivity contribution in [3.05, 3.63) is 181 Å². The predicted octanol–water partition coefficient (Wildman–Crippen LogP) is 14.1. The van der Waals surface area contributed by atoms with Crippen LogP contribution in [0.5, 0.6) is 0 Å². The summed E-state index contributed by atoms with van der Waals surface area (Å²) in [5.41, 5.74) is 10.9. The van der Waals surface area contributed by atoms with Crippen molar-refractivity contribution in [1.82, 2.24) is 4.57 Å². The minimum atomic E-state index is 0.484. The molecule has 9 aromatic rings. The number of nitrogens with zero attached hydrogens (tertiary/aromatic N) is 2. The minimum absolute atomic E-state index is 0.484. The van der Waals surface area contributed by atoms with Crippen LogP contribution in [0.25, 0.3) is 60.2 Å². The molecule has 0 saturated carbocycles. The molecule has 0 spiro atoms. The third kappa shape index (κ3) is 5.36. The van der Waals surface area contributed by atoms with Crippen LogP contribution in [0.1, 0.15) is 38.2 Å². The van der Waals surface area contributed by atoms with E-state index in [1.54, 1.807) is 0 Å². The maximum Gasteiger partial charge on any atom is 0.0618 e. The summed E-state index contributed by atoms with van der Waals surface area (Å²) >= 11 is 0. The number of benzene rings is 8. The molecule has 9 rings (SSSR count). The molecular formula is C49H40N2. The van der Waals surface area contributed by atoms with E-state index >= 15 is 0 Å². The first-order valence-electron chi connectivity index (χ1n) is 18.2. The molecule has 8 aromatic carbocycles. The largest absolute Gasteiger partial charge is 0.310 e. The Labute approximate surface area is 299 Å². The van der Waals surface area contributed by atoms with Gasteiger partial charge in [-0.15, -0.1) is 0 Å². The molecule has 2 heteroatoms. The Hall–Kier alpha value is -6.12. The average molecular weight is 657 g/mol. The van der Waals surface area contributed by atoms with Crippen LogP contribution in [0.15, 0.2) is 176 Å². The molecule has 0 fully saturated rings. The molecule has 1 aromatic heterocycles. The van der Waals surface area contributed by atoms with E-state index < -0.39 is 0 Å². The summed E-state index contributed by atoms with van der Waals surface area (Å²) < 4.78 is 2.53. The van der Waals surface area contributed by atoms with E-state index in [9.17, 15) is 0 Å². The van der Waals surface area contributed by atoms with Crippen molar-refractivity contribution >= 4 is 60.4 Å². The normalized spacial score (nSPS) is 12.2. The SMILES string of the molecule is CCCC(C)c1ccc2c(c1)c1cc(N(c3ccccc3)c3ccccc3-c3ccccc3)ccc1n2-c1c2ccccc2cc2ccccc12. The molecule has 0 saturated heterocycles. The standard InChI is InChI=1S/C49H40N2/c1-3-16-34(2)36-27-29-47-44(32-36)45-33-40(50(39-21-8-5-9-22-39)46-26-15-14-23-41(46)35-17-6-4-7-18-35)28-30-48(45)51(47)49-42-24-12-10-19-37(42)31-38-20-11-13-25-43(38)49/h4-15,17-34H,3,16H2,1-2H3. The second kappa shape index (κ2) is 13.0. The van der Waals surface area contributed by atoms with Crippen LogP contribution in [-0.2, 0) is 0 Å². The first kappa shape index (κ1) is 30.9. The van der Waals surface area contributed by atoms with E-state index in [1.807, 2.05) is 0 Å². The van der Waals surface area contributed by atoms with Crippen LogP contribution in [-0.4, -0.2) is 4.57 Å². The topological polar surface area (TPSA) is 8.17 Å². The van der Waals surface area contributed by atoms with E-state index in [4.69, 9.17) is 0 Å². The first-order chi connectivity index (χ1) is 25.2. The van der Waals surface area contributed by atoms with Crippen LogP contribution in [0.2, 0.25) is 0 Å². The van der Waals surface area contributed by atoms with Crippen molar-refractivity contribution in [2.75, 3.05) is 4.90 Å². The monoisotopic (exact) mass is 656 g/mol. The summed E-state index contributed by atoms with van der Waals surface area (Å²) in [4.78, 5) is 2.42. The summed E-state index contributed by atoms with van der Waals surface area (Å²) in [6, 6.07) is 64.5. The Morgan fingerprint density at radius 2 is 1.10 bits per heavy atom. The average Bonchev–Trinajstić information content (AvgIpc) is 3.50. The quantitative estimate of drug-likeness (QED) is 0.148. The van der Waals surface area contributed by atoms with Gasteiger partial charge in [0.05, 0.1) is 22.4 Å². The van der Waals surface area contributed by atoms with Gasteiger partial charge in [0.2, 0.25) is 0 Å². The van der Waals surface area contributed by atoms with E-state index in [2.05, 4.69) is 199 Å².